The Labute approximate surface area is 128 Å². The maximum Gasteiger partial charge on any atom is 0.101 e. The predicted molar refractivity (Wildman–Crippen MR) is 84.9 cm³/mol. The van der Waals surface area contributed by atoms with Gasteiger partial charge in [-0.25, -0.2) is 0 Å². The summed E-state index contributed by atoms with van der Waals surface area (Å²) in [4.78, 5) is 0. The minimum atomic E-state index is -0.560. The molecule has 0 spiro atoms. The Bertz CT molecular complexity index is 605. The molecule has 3 nitrogen and oxygen atoms in total. The van der Waals surface area contributed by atoms with Gasteiger partial charge >= 0.3 is 0 Å². The monoisotopic (exact) mass is 336 g/mol. The first-order valence-electron chi connectivity index (χ1n) is 6.87. The van der Waals surface area contributed by atoms with Crippen LogP contribution in [0.15, 0.2) is 28.9 Å². The van der Waals surface area contributed by atoms with Crippen molar-refractivity contribution in [3.8, 4) is 0 Å². The fraction of sp³-hybridized carbons (Fsp3) is 0.438. The average Bonchev–Trinajstić information content (AvgIpc) is 2.76. The fourth-order valence-corrected chi connectivity index (χ4v) is 2.94. The molecule has 0 aliphatic heterocycles. The standard InChI is InChI=1S/C16H21BrN2O/c1-10(2)19-16(14(17)9-18-19)15(20)8-13-7-11(3)5-6-12(13)4/h5-7,9-10,15,20H,8H2,1-4H3. The lowest BCUT2D eigenvalue weighted by atomic mass is 9.99. The maximum atomic E-state index is 10.6. The van der Waals surface area contributed by atoms with Crippen LogP contribution in [0.3, 0.4) is 0 Å². The minimum absolute atomic E-state index is 0.226. The van der Waals surface area contributed by atoms with Gasteiger partial charge in [0.1, 0.15) is 6.10 Å². The lowest BCUT2D eigenvalue weighted by Gasteiger charge is -2.18. The average molecular weight is 337 g/mol. The molecule has 2 rings (SSSR count). The number of benzene rings is 1. The van der Waals surface area contributed by atoms with E-state index in [0.29, 0.717) is 6.42 Å². The largest absolute Gasteiger partial charge is 0.386 e. The third-order valence-electron chi connectivity index (χ3n) is 3.51. The van der Waals surface area contributed by atoms with Crippen LogP contribution in [0.4, 0.5) is 0 Å². The van der Waals surface area contributed by atoms with Crippen LogP contribution in [0, 0.1) is 13.8 Å². The third kappa shape index (κ3) is 3.13. The smallest absolute Gasteiger partial charge is 0.101 e. The maximum absolute atomic E-state index is 10.6. The van der Waals surface area contributed by atoms with Crippen LogP contribution in [0.5, 0.6) is 0 Å². The second kappa shape index (κ2) is 6.10. The van der Waals surface area contributed by atoms with Crippen molar-refractivity contribution in [3.05, 3.63) is 51.3 Å². The van der Waals surface area contributed by atoms with Crippen molar-refractivity contribution in [2.24, 2.45) is 0 Å². The molecule has 20 heavy (non-hydrogen) atoms. The molecule has 0 bridgehead atoms. The summed E-state index contributed by atoms with van der Waals surface area (Å²) in [5, 5.41) is 14.9. The molecule has 1 unspecified atom stereocenters. The van der Waals surface area contributed by atoms with Gasteiger partial charge in [-0.3, -0.25) is 4.68 Å². The zero-order chi connectivity index (χ0) is 14.9. The normalized spacial score (nSPS) is 12.9. The number of aryl methyl sites for hydroxylation is 2. The minimum Gasteiger partial charge on any atom is -0.386 e. The van der Waals surface area contributed by atoms with E-state index in [2.05, 4.69) is 66.9 Å². The predicted octanol–water partition coefficient (Wildman–Crippen LogP) is 4.12. The number of hydrogen-bond donors (Lipinski definition) is 1. The summed E-state index contributed by atoms with van der Waals surface area (Å²) in [5.74, 6) is 0. The van der Waals surface area contributed by atoms with E-state index >= 15 is 0 Å². The lowest BCUT2D eigenvalue weighted by Crippen LogP contribution is -2.14. The number of halogens is 1. The van der Waals surface area contributed by atoms with Crippen LogP contribution in [-0.4, -0.2) is 14.9 Å². The van der Waals surface area contributed by atoms with E-state index in [4.69, 9.17) is 0 Å². The molecule has 1 atom stereocenters. The van der Waals surface area contributed by atoms with Crippen molar-refractivity contribution in [1.29, 1.82) is 0 Å². The van der Waals surface area contributed by atoms with E-state index in [1.807, 2.05) is 4.68 Å². The first-order chi connectivity index (χ1) is 9.40. The van der Waals surface area contributed by atoms with Gasteiger partial charge in [-0.1, -0.05) is 23.8 Å². The summed E-state index contributed by atoms with van der Waals surface area (Å²) in [7, 11) is 0. The molecule has 1 aromatic carbocycles. The molecule has 1 aromatic heterocycles. The Hall–Kier alpha value is -1.13. The highest BCUT2D eigenvalue weighted by Crippen LogP contribution is 2.29. The number of hydrogen-bond acceptors (Lipinski definition) is 2. The van der Waals surface area contributed by atoms with Gasteiger partial charge in [0.2, 0.25) is 0 Å². The van der Waals surface area contributed by atoms with Crippen LogP contribution in [0.2, 0.25) is 0 Å². The molecule has 0 aliphatic carbocycles. The third-order valence-corrected chi connectivity index (χ3v) is 4.12. The highest BCUT2D eigenvalue weighted by molar-refractivity contribution is 9.10. The highest BCUT2D eigenvalue weighted by atomic mass is 79.9. The van der Waals surface area contributed by atoms with Crippen molar-refractivity contribution >= 4 is 15.9 Å². The molecular formula is C16H21BrN2O. The van der Waals surface area contributed by atoms with Crippen molar-refractivity contribution < 1.29 is 5.11 Å². The number of nitrogens with zero attached hydrogens (tertiary/aromatic N) is 2. The second-order valence-corrected chi connectivity index (χ2v) is 6.42. The Balaban J connectivity index is 2.30. The molecule has 0 radical (unpaired) electrons. The quantitative estimate of drug-likeness (QED) is 0.911. The van der Waals surface area contributed by atoms with Crippen molar-refractivity contribution in [1.82, 2.24) is 9.78 Å². The highest BCUT2D eigenvalue weighted by Gasteiger charge is 2.20. The van der Waals surface area contributed by atoms with Gasteiger partial charge in [0.05, 0.1) is 16.4 Å². The van der Waals surface area contributed by atoms with Gasteiger partial charge in [0, 0.05) is 12.5 Å². The van der Waals surface area contributed by atoms with Crippen LogP contribution in [0.25, 0.3) is 0 Å². The van der Waals surface area contributed by atoms with Gasteiger partial charge in [-0.2, -0.15) is 5.10 Å². The zero-order valence-electron chi connectivity index (χ0n) is 12.4. The van der Waals surface area contributed by atoms with Crippen molar-refractivity contribution in [2.75, 3.05) is 0 Å². The van der Waals surface area contributed by atoms with Crippen LogP contribution in [-0.2, 0) is 6.42 Å². The fourth-order valence-electron chi connectivity index (χ4n) is 2.40. The Kier molecular flexibility index (Phi) is 4.66. The lowest BCUT2D eigenvalue weighted by molar-refractivity contribution is 0.163. The summed E-state index contributed by atoms with van der Waals surface area (Å²) in [6.07, 6.45) is 1.79. The molecular weight excluding hydrogens is 316 g/mol. The SMILES string of the molecule is Cc1ccc(C)c(CC(O)c2c(Br)cnn2C(C)C)c1. The molecule has 108 valence electrons. The molecule has 0 aliphatic rings. The van der Waals surface area contributed by atoms with Crippen LogP contribution < -0.4 is 0 Å². The van der Waals surface area contributed by atoms with Gasteiger partial charge < -0.3 is 5.11 Å². The summed E-state index contributed by atoms with van der Waals surface area (Å²) in [6.45, 7) is 8.28. The number of aromatic nitrogens is 2. The molecule has 4 heteroatoms. The summed E-state index contributed by atoms with van der Waals surface area (Å²) < 4.78 is 2.74. The Morgan fingerprint density at radius 3 is 2.65 bits per heavy atom. The van der Waals surface area contributed by atoms with Crippen LogP contribution >= 0.6 is 15.9 Å². The van der Waals surface area contributed by atoms with E-state index in [9.17, 15) is 5.11 Å². The molecule has 0 saturated carbocycles. The van der Waals surface area contributed by atoms with Gasteiger partial charge in [0.15, 0.2) is 0 Å². The van der Waals surface area contributed by atoms with Crippen molar-refractivity contribution in [2.45, 2.75) is 46.3 Å². The molecule has 1 heterocycles. The van der Waals surface area contributed by atoms with E-state index in [0.717, 1.165) is 10.2 Å². The molecule has 1 N–H and O–H groups in total. The van der Waals surface area contributed by atoms with E-state index in [1.54, 1.807) is 6.20 Å². The molecule has 2 aromatic rings. The molecule has 0 amide bonds. The van der Waals surface area contributed by atoms with E-state index < -0.39 is 6.10 Å². The van der Waals surface area contributed by atoms with E-state index in [-0.39, 0.29) is 6.04 Å². The van der Waals surface area contributed by atoms with E-state index in [1.165, 1.54) is 16.7 Å². The number of rotatable bonds is 4. The number of aliphatic hydroxyl groups is 1. The zero-order valence-corrected chi connectivity index (χ0v) is 14.0. The van der Waals surface area contributed by atoms with Gasteiger partial charge in [-0.05, 0) is 54.8 Å². The summed E-state index contributed by atoms with van der Waals surface area (Å²) in [6, 6.07) is 6.57. The first kappa shape index (κ1) is 15.3. The first-order valence-corrected chi connectivity index (χ1v) is 7.66. The van der Waals surface area contributed by atoms with Gasteiger partial charge in [0.25, 0.3) is 0 Å². The van der Waals surface area contributed by atoms with Crippen LogP contribution in [0.1, 0.15) is 48.4 Å². The molecule has 0 saturated heterocycles. The van der Waals surface area contributed by atoms with Gasteiger partial charge in [-0.15, -0.1) is 0 Å². The topological polar surface area (TPSA) is 38.1 Å². The van der Waals surface area contributed by atoms with Crippen molar-refractivity contribution in [3.63, 3.8) is 0 Å². The Morgan fingerprint density at radius 1 is 1.30 bits per heavy atom. The number of aliphatic hydroxyl groups excluding tert-OH is 1. The molecule has 0 fully saturated rings. The second-order valence-electron chi connectivity index (χ2n) is 5.57. The summed E-state index contributed by atoms with van der Waals surface area (Å²) in [5.41, 5.74) is 4.46. The summed E-state index contributed by atoms with van der Waals surface area (Å²) >= 11 is 3.49. The Morgan fingerprint density at radius 2 is 2.00 bits per heavy atom.